The van der Waals surface area contributed by atoms with E-state index >= 15 is 0 Å². The molecule has 0 radical (unpaired) electrons. The highest BCUT2D eigenvalue weighted by atomic mass is 15.2. The molecule has 0 atom stereocenters. The number of nitrogens with one attached hydrogen (secondary N) is 1. The first-order chi connectivity index (χ1) is 33.5. The lowest BCUT2D eigenvalue weighted by atomic mass is 9.64. The summed E-state index contributed by atoms with van der Waals surface area (Å²) in [4.78, 5) is 2.44. The molecule has 330 valence electrons. The third-order valence-corrected chi connectivity index (χ3v) is 13.0. The summed E-state index contributed by atoms with van der Waals surface area (Å²) < 4.78 is 0. The van der Waals surface area contributed by atoms with Gasteiger partial charge in [0.25, 0.3) is 0 Å². The maximum atomic E-state index is 5.50. The van der Waals surface area contributed by atoms with Crippen LogP contribution in [0.2, 0.25) is 0 Å². The molecular formula is C65H55N3. The van der Waals surface area contributed by atoms with Crippen molar-refractivity contribution in [2.75, 3.05) is 4.90 Å². The van der Waals surface area contributed by atoms with Gasteiger partial charge in [-0.05, 0) is 129 Å². The van der Waals surface area contributed by atoms with Gasteiger partial charge in [-0.2, -0.15) is 0 Å². The van der Waals surface area contributed by atoms with Crippen LogP contribution < -0.4 is 10.6 Å². The fraction of sp³-hybridized carbons (Fsp3) is 0.0615. The minimum atomic E-state index is -0.441. The van der Waals surface area contributed by atoms with E-state index in [1.54, 1.807) is 0 Å². The molecule has 0 aromatic heterocycles. The van der Waals surface area contributed by atoms with Crippen LogP contribution in [0.15, 0.2) is 255 Å². The van der Waals surface area contributed by atoms with Crippen molar-refractivity contribution in [2.24, 2.45) is 5.73 Å². The molecule has 2 aliphatic rings. The molecule has 10 aromatic carbocycles. The molecule has 0 fully saturated rings. The lowest BCUT2D eigenvalue weighted by molar-refractivity contribution is 0.752. The van der Waals surface area contributed by atoms with Crippen LogP contribution in [0.1, 0.15) is 38.9 Å². The third-order valence-electron chi connectivity index (χ3n) is 13.0. The van der Waals surface area contributed by atoms with E-state index in [2.05, 4.69) is 232 Å². The molecule has 1 aliphatic heterocycles. The summed E-state index contributed by atoms with van der Waals surface area (Å²) in [6.45, 7) is 7.49. The Kier molecular flexibility index (Phi) is 13.5. The molecule has 3 N–H and O–H groups in total. The molecule has 3 nitrogen and oxygen atoms in total. The smallest absolute Gasteiger partial charge is 0.0754 e. The van der Waals surface area contributed by atoms with Crippen LogP contribution in [-0.2, 0) is 12.0 Å². The van der Waals surface area contributed by atoms with Gasteiger partial charge in [-0.1, -0.05) is 230 Å². The second kappa shape index (κ2) is 20.4. The van der Waals surface area contributed by atoms with Gasteiger partial charge in [0.1, 0.15) is 0 Å². The van der Waals surface area contributed by atoms with Crippen molar-refractivity contribution >= 4 is 23.8 Å². The maximum absolute atomic E-state index is 5.50. The van der Waals surface area contributed by atoms with E-state index in [0.717, 1.165) is 0 Å². The Bertz CT molecular complexity index is 3190. The van der Waals surface area contributed by atoms with Crippen molar-refractivity contribution in [3.05, 3.63) is 294 Å². The third kappa shape index (κ3) is 8.60. The number of aryl methyl sites for hydroxylation is 2. The summed E-state index contributed by atoms with van der Waals surface area (Å²) in [5.41, 5.74) is 27.7. The number of benzene rings is 10. The van der Waals surface area contributed by atoms with Crippen molar-refractivity contribution in [2.45, 2.75) is 25.8 Å². The first kappa shape index (κ1) is 44.8. The van der Waals surface area contributed by atoms with Crippen molar-refractivity contribution < 1.29 is 0 Å². The first-order valence-electron chi connectivity index (χ1n) is 23.2. The quantitative estimate of drug-likeness (QED) is 0.169. The van der Waals surface area contributed by atoms with Gasteiger partial charge in [0.05, 0.1) is 16.8 Å². The molecular weight excluding hydrogens is 823 g/mol. The number of nitrogens with two attached hydrogens (primary N) is 1. The summed E-state index contributed by atoms with van der Waals surface area (Å²) >= 11 is 0. The number of hydrogen-bond donors (Lipinski definition) is 2. The number of anilines is 3. The first-order valence-corrected chi connectivity index (χ1v) is 23.2. The molecule has 0 saturated heterocycles. The van der Waals surface area contributed by atoms with Crippen molar-refractivity contribution in [1.29, 1.82) is 5.41 Å². The van der Waals surface area contributed by atoms with Crippen LogP contribution in [0, 0.1) is 19.3 Å². The monoisotopic (exact) mass is 877 g/mol. The minimum Gasteiger partial charge on any atom is -0.326 e. The Morgan fingerprint density at radius 1 is 0.397 bits per heavy atom. The van der Waals surface area contributed by atoms with Crippen molar-refractivity contribution in [1.82, 2.24) is 0 Å². The summed E-state index contributed by atoms with van der Waals surface area (Å²) in [6, 6.07) is 91.6. The van der Waals surface area contributed by atoms with Crippen LogP contribution in [0.4, 0.5) is 17.1 Å². The van der Waals surface area contributed by atoms with E-state index in [0.29, 0.717) is 6.54 Å². The van der Waals surface area contributed by atoms with E-state index in [-0.39, 0.29) is 0 Å². The second-order valence-electron chi connectivity index (χ2n) is 17.1. The Morgan fingerprint density at radius 3 is 1.29 bits per heavy atom. The summed E-state index contributed by atoms with van der Waals surface area (Å²) in [6.07, 6.45) is 0. The van der Waals surface area contributed by atoms with Gasteiger partial charge in [0.2, 0.25) is 0 Å². The standard InChI is InChI=1S/C50H35N.C7H9N.C7H8.CH3N/c1-34-13-12-20-46-49(34)42-33-40(39-29-27-38(28-30-39)37-25-23-36(24-26-37)35-14-4-2-5-15-35)31-32-43(42)50(46)44-18-8-10-21-47(44)51(41-16-6-3-7-17-41)48-22-11-9-19-45(48)50;8-6-7-4-2-1-3-5-7;1-7-5-3-2-4-6-7;1-2/h2-33H,1H3;1-5H,6,8H2;2-6H,1H3;2H,1H2. The minimum absolute atomic E-state index is 0.441. The molecule has 3 heteroatoms. The van der Waals surface area contributed by atoms with E-state index in [1.807, 2.05) is 48.5 Å². The number of para-hydroxylation sites is 3. The van der Waals surface area contributed by atoms with Crippen LogP contribution in [0.5, 0.6) is 0 Å². The summed E-state index contributed by atoms with van der Waals surface area (Å²) in [7, 11) is 0. The van der Waals surface area contributed by atoms with Crippen molar-refractivity contribution in [3.8, 4) is 44.5 Å². The lowest BCUT2D eigenvalue weighted by Gasteiger charge is -2.45. The maximum Gasteiger partial charge on any atom is 0.0754 e. The van der Waals surface area contributed by atoms with Crippen LogP contribution in [-0.4, -0.2) is 6.72 Å². The fourth-order valence-corrected chi connectivity index (χ4v) is 9.91. The van der Waals surface area contributed by atoms with Gasteiger partial charge < -0.3 is 16.0 Å². The molecule has 1 spiro atoms. The topological polar surface area (TPSA) is 53.1 Å². The van der Waals surface area contributed by atoms with Gasteiger partial charge in [0, 0.05) is 12.2 Å². The molecule has 10 aromatic rings. The van der Waals surface area contributed by atoms with Gasteiger partial charge in [0.15, 0.2) is 0 Å². The van der Waals surface area contributed by atoms with E-state index in [9.17, 15) is 0 Å². The van der Waals surface area contributed by atoms with E-state index < -0.39 is 5.41 Å². The molecule has 0 bridgehead atoms. The van der Waals surface area contributed by atoms with Gasteiger partial charge in [-0.3, -0.25) is 0 Å². The van der Waals surface area contributed by atoms with Gasteiger partial charge >= 0.3 is 0 Å². The Balaban J connectivity index is 0.000000288. The van der Waals surface area contributed by atoms with Crippen LogP contribution in [0.3, 0.4) is 0 Å². The normalized spacial score (nSPS) is 12.0. The molecule has 0 saturated carbocycles. The van der Waals surface area contributed by atoms with Gasteiger partial charge in [-0.15, -0.1) is 0 Å². The van der Waals surface area contributed by atoms with E-state index in [4.69, 9.17) is 11.1 Å². The highest BCUT2D eigenvalue weighted by molar-refractivity contribution is 5.97. The molecule has 0 unspecified atom stereocenters. The number of nitrogens with zero attached hydrogens (tertiary/aromatic N) is 1. The average Bonchev–Trinajstić information content (AvgIpc) is 3.71. The average molecular weight is 878 g/mol. The van der Waals surface area contributed by atoms with Gasteiger partial charge in [-0.25, -0.2) is 0 Å². The predicted molar refractivity (Wildman–Crippen MR) is 288 cm³/mol. The Labute approximate surface area is 402 Å². The molecule has 1 heterocycles. The number of hydrogen-bond acceptors (Lipinski definition) is 3. The van der Waals surface area contributed by atoms with Crippen molar-refractivity contribution in [3.63, 3.8) is 0 Å². The zero-order chi connectivity index (χ0) is 46.9. The zero-order valence-electron chi connectivity index (χ0n) is 38.7. The Morgan fingerprint density at radius 2 is 0.809 bits per heavy atom. The second-order valence-corrected chi connectivity index (χ2v) is 17.1. The zero-order valence-corrected chi connectivity index (χ0v) is 38.7. The van der Waals surface area contributed by atoms with Crippen LogP contribution >= 0.6 is 0 Å². The lowest BCUT2D eigenvalue weighted by Crippen LogP contribution is -2.36. The highest BCUT2D eigenvalue weighted by Crippen LogP contribution is 2.64. The number of fused-ring (bicyclic) bond motifs is 9. The Hall–Kier alpha value is -8.37. The molecule has 12 rings (SSSR count). The molecule has 0 amide bonds. The summed E-state index contributed by atoms with van der Waals surface area (Å²) in [5, 5.41) is 5.50. The summed E-state index contributed by atoms with van der Waals surface area (Å²) in [5.74, 6) is 0. The fourth-order valence-electron chi connectivity index (χ4n) is 9.91. The van der Waals surface area contributed by atoms with Crippen LogP contribution in [0.25, 0.3) is 44.5 Å². The molecule has 68 heavy (non-hydrogen) atoms. The SMILES string of the molecule is C=N.Cc1cccc2c1-c1cc(-c3ccc(-c4ccc(-c5ccccc5)cc4)cc3)ccc1C21c2ccccc2N(c2ccccc2)c2ccccc21.Cc1ccccc1.NCc1ccccc1. The largest absolute Gasteiger partial charge is 0.326 e. The number of rotatable bonds is 5. The van der Waals surface area contributed by atoms with E-state index in [1.165, 1.54) is 101 Å². The molecule has 1 aliphatic carbocycles. The predicted octanol–water partition coefficient (Wildman–Crippen LogP) is 16.5. The highest BCUT2D eigenvalue weighted by Gasteiger charge is 2.52.